The van der Waals surface area contributed by atoms with Gasteiger partial charge in [0.05, 0.1) is 14.2 Å². The van der Waals surface area contributed by atoms with Crippen molar-refractivity contribution in [1.82, 2.24) is 15.0 Å². The molecule has 29 heavy (non-hydrogen) atoms. The molecule has 0 spiro atoms. The molecule has 3 aromatic rings. The normalized spacial score (nSPS) is 10.6. The van der Waals surface area contributed by atoms with Gasteiger partial charge in [0.25, 0.3) is 0 Å². The van der Waals surface area contributed by atoms with Crippen molar-refractivity contribution in [1.29, 1.82) is 0 Å². The lowest BCUT2D eigenvalue weighted by atomic mass is 10.1. The molecule has 0 aliphatic heterocycles. The molecule has 0 saturated heterocycles. The number of hydrogen-bond acceptors (Lipinski definition) is 6. The zero-order valence-corrected chi connectivity index (χ0v) is 17.1. The Labute approximate surface area is 170 Å². The molecule has 0 radical (unpaired) electrons. The third kappa shape index (κ3) is 5.13. The molecule has 0 fully saturated rings. The summed E-state index contributed by atoms with van der Waals surface area (Å²) >= 11 is 0. The van der Waals surface area contributed by atoms with Crippen molar-refractivity contribution >= 4 is 5.91 Å². The minimum atomic E-state index is -0.00475. The standard InChI is InChI=1S/C22H25N3O4/c1-15-5-8-17(9-6-15)22-23-20(29-24-22)11-12-21(26)25(2)14-16-7-10-18(27-3)19(13-16)28-4/h5-10,13H,11-12,14H2,1-4H3. The van der Waals surface area contributed by atoms with Crippen LogP contribution in [0.1, 0.15) is 23.4 Å². The van der Waals surface area contributed by atoms with Gasteiger partial charge in [0.1, 0.15) is 0 Å². The summed E-state index contributed by atoms with van der Waals surface area (Å²) in [5.41, 5.74) is 3.01. The second-order valence-corrected chi connectivity index (χ2v) is 6.82. The fraction of sp³-hybridized carbons (Fsp3) is 0.318. The molecule has 1 heterocycles. The van der Waals surface area contributed by atoms with E-state index in [4.69, 9.17) is 14.0 Å². The van der Waals surface area contributed by atoms with Gasteiger partial charge in [0.15, 0.2) is 11.5 Å². The van der Waals surface area contributed by atoms with Crippen LogP contribution in [0.4, 0.5) is 0 Å². The Morgan fingerprint density at radius 3 is 2.48 bits per heavy atom. The van der Waals surface area contributed by atoms with E-state index in [9.17, 15) is 4.79 Å². The van der Waals surface area contributed by atoms with Crippen LogP contribution in [0.25, 0.3) is 11.4 Å². The third-order valence-electron chi connectivity index (χ3n) is 4.62. The van der Waals surface area contributed by atoms with E-state index in [0.29, 0.717) is 42.6 Å². The molecule has 7 nitrogen and oxygen atoms in total. The fourth-order valence-electron chi connectivity index (χ4n) is 2.92. The molecule has 3 rings (SSSR count). The van der Waals surface area contributed by atoms with E-state index in [2.05, 4.69) is 10.1 Å². The molecule has 0 N–H and O–H groups in total. The number of hydrogen-bond donors (Lipinski definition) is 0. The fourth-order valence-corrected chi connectivity index (χ4v) is 2.92. The second kappa shape index (κ2) is 9.23. The quantitative estimate of drug-likeness (QED) is 0.579. The van der Waals surface area contributed by atoms with E-state index in [-0.39, 0.29) is 5.91 Å². The Morgan fingerprint density at radius 2 is 1.79 bits per heavy atom. The molecule has 0 aliphatic carbocycles. The maximum Gasteiger partial charge on any atom is 0.227 e. The lowest BCUT2D eigenvalue weighted by Crippen LogP contribution is -2.26. The van der Waals surface area contributed by atoms with E-state index >= 15 is 0 Å². The Kier molecular flexibility index (Phi) is 6.49. The van der Waals surface area contributed by atoms with Crippen molar-refractivity contribution < 1.29 is 18.8 Å². The lowest BCUT2D eigenvalue weighted by molar-refractivity contribution is -0.130. The second-order valence-electron chi connectivity index (χ2n) is 6.82. The third-order valence-corrected chi connectivity index (χ3v) is 4.62. The molecular formula is C22H25N3O4. The number of ether oxygens (including phenoxy) is 2. The van der Waals surface area contributed by atoms with Crippen LogP contribution in [0, 0.1) is 6.92 Å². The number of carbonyl (C=O) groups is 1. The molecule has 1 aromatic heterocycles. The summed E-state index contributed by atoms with van der Waals surface area (Å²) in [4.78, 5) is 18.5. The van der Waals surface area contributed by atoms with Crippen molar-refractivity contribution in [3.05, 3.63) is 59.5 Å². The van der Waals surface area contributed by atoms with Crippen molar-refractivity contribution in [2.45, 2.75) is 26.3 Å². The Balaban J connectivity index is 1.56. The number of benzene rings is 2. The Hall–Kier alpha value is -3.35. The minimum Gasteiger partial charge on any atom is -0.493 e. The van der Waals surface area contributed by atoms with Crippen LogP contribution >= 0.6 is 0 Å². The zero-order valence-electron chi connectivity index (χ0n) is 17.1. The van der Waals surface area contributed by atoms with Crippen molar-refractivity contribution in [3.63, 3.8) is 0 Å². The highest BCUT2D eigenvalue weighted by Crippen LogP contribution is 2.28. The molecule has 0 unspecified atom stereocenters. The van der Waals surface area contributed by atoms with Gasteiger partial charge in [0, 0.05) is 32.0 Å². The summed E-state index contributed by atoms with van der Waals surface area (Å²) in [6.07, 6.45) is 0.688. The predicted molar refractivity (Wildman–Crippen MR) is 109 cm³/mol. The summed E-state index contributed by atoms with van der Waals surface area (Å²) in [6.45, 7) is 2.49. The summed E-state index contributed by atoms with van der Waals surface area (Å²) in [5, 5.41) is 4.01. The van der Waals surface area contributed by atoms with E-state index in [1.54, 1.807) is 26.2 Å². The largest absolute Gasteiger partial charge is 0.493 e. The number of nitrogens with zero attached hydrogens (tertiary/aromatic N) is 3. The van der Waals surface area contributed by atoms with Gasteiger partial charge in [-0.05, 0) is 24.6 Å². The molecular weight excluding hydrogens is 370 g/mol. The van der Waals surface area contributed by atoms with Gasteiger partial charge in [-0.15, -0.1) is 0 Å². The average molecular weight is 395 g/mol. The molecule has 2 aromatic carbocycles. The van der Waals surface area contributed by atoms with E-state index in [0.717, 1.165) is 11.1 Å². The van der Waals surface area contributed by atoms with Gasteiger partial charge in [-0.3, -0.25) is 4.79 Å². The summed E-state index contributed by atoms with van der Waals surface area (Å²) < 4.78 is 15.8. The van der Waals surface area contributed by atoms with Crippen LogP contribution in [-0.4, -0.2) is 42.2 Å². The number of carbonyl (C=O) groups excluding carboxylic acids is 1. The summed E-state index contributed by atoms with van der Waals surface area (Å²) in [6, 6.07) is 13.5. The highest BCUT2D eigenvalue weighted by atomic mass is 16.5. The van der Waals surface area contributed by atoms with Crippen molar-refractivity contribution in [2.24, 2.45) is 0 Å². The topological polar surface area (TPSA) is 77.7 Å². The number of aryl methyl sites for hydroxylation is 2. The number of rotatable bonds is 8. The molecule has 152 valence electrons. The Bertz CT molecular complexity index is 966. The first-order valence-electron chi connectivity index (χ1n) is 9.34. The van der Waals surface area contributed by atoms with Gasteiger partial charge in [-0.2, -0.15) is 4.98 Å². The molecule has 7 heteroatoms. The van der Waals surface area contributed by atoms with Crippen LogP contribution in [0.2, 0.25) is 0 Å². The minimum absolute atomic E-state index is 0.00475. The van der Waals surface area contributed by atoms with Crippen LogP contribution in [0.15, 0.2) is 47.0 Å². The highest BCUT2D eigenvalue weighted by molar-refractivity contribution is 5.76. The number of aromatic nitrogens is 2. The van der Waals surface area contributed by atoms with Gasteiger partial charge in [0.2, 0.25) is 17.6 Å². The molecule has 1 amide bonds. The first-order valence-corrected chi connectivity index (χ1v) is 9.34. The van der Waals surface area contributed by atoms with Crippen molar-refractivity contribution in [2.75, 3.05) is 21.3 Å². The van der Waals surface area contributed by atoms with Crippen LogP contribution in [-0.2, 0) is 17.8 Å². The molecule has 0 bridgehead atoms. The Morgan fingerprint density at radius 1 is 1.07 bits per heavy atom. The zero-order chi connectivity index (χ0) is 20.8. The summed E-state index contributed by atoms with van der Waals surface area (Å²) in [5.74, 6) is 2.28. The number of methoxy groups -OCH3 is 2. The van der Waals surface area contributed by atoms with Crippen LogP contribution in [0.3, 0.4) is 0 Å². The van der Waals surface area contributed by atoms with E-state index in [1.807, 2.05) is 49.4 Å². The molecule has 0 saturated carbocycles. The SMILES string of the molecule is COc1ccc(CN(C)C(=O)CCc2nc(-c3ccc(C)cc3)no2)cc1OC. The summed E-state index contributed by atoms with van der Waals surface area (Å²) in [7, 11) is 4.95. The first-order chi connectivity index (χ1) is 14.0. The highest BCUT2D eigenvalue weighted by Gasteiger charge is 2.14. The smallest absolute Gasteiger partial charge is 0.227 e. The maximum atomic E-state index is 12.5. The van der Waals surface area contributed by atoms with E-state index < -0.39 is 0 Å². The average Bonchev–Trinajstić information content (AvgIpc) is 3.21. The van der Waals surface area contributed by atoms with Crippen LogP contribution in [0.5, 0.6) is 11.5 Å². The predicted octanol–water partition coefficient (Wildman–Crippen LogP) is 3.65. The maximum absolute atomic E-state index is 12.5. The van der Waals surface area contributed by atoms with Crippen molar-refractivity contribution in [3.8, 4) is 22.9 Å². The lowest BCUT2D eigenvalue weighted by Gasteiger charge is -2.18. The molecule has 0 aliphatic rings. The van der Waals surface area contributed by atoms with Crippen LogP contribution < -0.4 is 9.47 Å². The van der Waals surface area contributed by atoms with Gasteiger partial charge in [-0.25, -0.2) is 0 Å². The number of amides is 1. The van der Waals surface area contributed by atoms with Gasteiger partial charge >= 0.3 is 0 Å². The van der Waals surface area contributed by atoms with Gasteiger partial charge in [-0.1, -0.05) is 41.1 Å². The first kappa shape index (κ1) is 20.4. The molecule has 0 atom stereocenters. The monoisotopic (exact) mass is 395 g/mol. The van der Waals surface area contributed by atoms with E-state index in [1.165, 1.54) is 5.56 Å². The van der Waals surface area contributed by atoms with Gasteiger partial charge < -0.3 is 18.9 Å².